The first kappa shape index (κ1) is 13.3. The summed E-state index contributed by atoms with van der Waals surface area (Å²) in [5.74, 6) is -0.200. The first-order valence-corrected chi connectivity index (χ1v) is 6.10. The van der Waals surface area contributed by atoms with Crippen molar-refractivity contribution in [1.29, 1.82) is 0 Å². The highest BCUT2D eigenvalue weighted by Gasteiger charge is 2.06. The summed E-state index contributed by atoms with van der Waals surface area (Å²) in [7, 11) is 0. The van der Waals surface area contributed by atoms with Crippen LogP contribution in [-0.4, -0.2) is 6.61 Å². The van der Waals surface area contributed by atoms with Gasteiger partial charge in [-0.15, -0.1) is 0 Å². The largest absolute Gasteiger partial charge is 0.492 e. The second-order valence-electron chi connectivity index (χ2n) is 4.02. The highest BCUT2D eigenvalue weighted by Crippen LogP contribution is 2.26. The lowest BCUT2D eigenvalue weighted by molar-refractivity contribution is 0.339. The van der Waals surface area contributed by atoms with Gasteiger partial charge in [-0.1, -0.05) is 18.2 Å². The number of rotatable bonds is 5. The molecule has 2 nitrogen and oxygen atoms in total. The van der Waals surface area contributed by atoms with Crippen molar-refractivity contribution in [3.05, 3.63) is 59.7 Å². The number of anilines is 1. The predicted molar refractivity (Wildman–Crippen MR) is 71.3 cm³/mol. The van der Waals surface area contributed by atoms with Gasteiger partial charge in [-0.3, -0.25) is 0 Å². The Morgan fingerprint density at radius 2 is 1.89 bits per heavy atom. The highest BCUT2D eigenvalue weighted by atomic mass is 19.1. The highest BCUT2D eigenvalue weighted by molar-refractivity contribution is 5.56. The lowest BCUT2D eigenvalue weighted by Gasteiger charge is -2.12. The fourth-order valence-electron chi connectivity index (χ4n) is 1.75. The van der Waals surface area contributed by atoms with Crippen molar-refractivity contribution < 1.29 is 13.5 Å². The topological polar surface area (TPSA) is 21.3 Å². The van der Waals surface area contributed by atoms with Gasteiger partial charge in [0.25, 0.3) is 0 Å². The van der Waals surface area contributed by atoms with Crippen LogP contribution in [0.3, 0.4) is 0 Å². The van der Waals surface area contributed by atoms with Crippen LogP contribution in [0, 0.1) is 11.6 Å². The molecule has 0 unspecified atom stereocenters. The lowest BCUT2D eigenvalue weighted by Crippen LogP contribution is -2.04. The van der Waals surface area contributed by atoms with Crippen LogP contribution in [0.2, 0.25) is 0 Å². The summed E-state index contributed by atoms with van der Waals surface area (Å²) in [6, 6.07) is 10.8. The van der Waals surface area contributed by atoms with Crippen molar-refractivity contribution in [3.8, 4) is 5.75 Å². The van der Waals surface area contributed by atoms with Crippen LogP contribution in [0.5, 0.6) is 5.75 Å². The van der Waals surface area contributed by atoms with E-state index >= 15 is 0 Å². The minimum atomic E-state index is -0.361. The van der Waals surface area contributed by atoms with E-state index < -0.39 is 0 Å². The third kappa shape index (κ3) is 3.44. The van der Waals surface area contributed by atoms with Crippen LogP contribution in [0.25, 0.3) is 0 Å². The van der Waals surface area contributed by atoms with Crippen LogP contribution < -0.4 is 10.1 Å². The van der Waals surface area contributed by atoms with Crippen molar-refractivity contribution >= 4 is 5.69 Å². The van der Waals surface area contributed by atoms with Crippen molar-refractivity contribution in [2.75, 3.05) is 11.9 Å². The molecule has 0 amide bonds. The molecule has 0 saturated carbocycles. The van der Waals surface area contributed by atoms with E-state index in [0.29, 0.717) is 30.2 Å². The van der Waals surface area contributed by atoms with E-state index in [1.54, 1.807) is 24.3 Å². The summed E-state index contributed by atoms with van der Waals surface area (Å²) in [4.78, 5) is 0. The predicted octanol–water partition coefficient (Wildman–Crippen LogP) is 3.98. The quantitative estimate of drug-likeness (QED) is 0.881. The van der Waals surface area contributed by atoms with Crippen LogP contribution in [0.15, 0.2) is 42.5 Å². The van der Waals surface area contributed by atoms with Gasteiger partial charge < -0.3 is 10.1 Å². The maximum atomic E-state index is 13.5. The summed E-state index contributed by atoms with van der Waals surface area (Å²) in [5, 5.41) is 3.05. The van der Waals surface area contributed by atoms with E-state index in [1.165, 1.54) is 18.2 Å². The van der Waals surface area contributed by atoms with E-state index in [2.05, 4.69) is 5.32 Å². The molecule has 4 heteroatoms. The SMILES string of the molecule is CCOc1cc(F)ccc1NCc1ccccc1F. The van der Waals surface area contributed by atoms with Crippen molar-refractivity contribution in [2.45, 2.75) is 13.5 Å². The fourth-order valence-corrected chi connectivity index (χ4v) is 1.75. The Morgan fingerprint density at radius 1 is 1.11 bits per heavy atom. The van der Waals surface area contributed by atoms with Crippen LogP contribution in [-0.2, 0) is 6.54 Å². The van der Waals surface area contributed by atoms with Crippen molar-refractivity contribution in [1.82, 2.24) is 0 Å². The van der Waals surface area contributed by atoms with E-state index in [-0.39, 0.29) is 11.6 Å². The zero-order valence-electron chi connectivity index (χ0n) is 10.6. The number of benzene rings is 2. The van der Waals surface area contributed by atoms with Crippen LogP contribution >= 0.6 is 0 Å². The van der Waals surface area contributed by atoms with Gasteiger partial charge in [-0.2, -0.15) is 0 Å². The number of nitrogens with one attached hydrogen (secondary N) is 1. The van der Waals surface area contributed by atoms with Gasteiger partial charge in [0.05, 0.1) is 12.3 Å². The molecule has 0 aliphatic carbocycles. The van der Waals surface area contributed by atoms with Gasteiger partial charge in [-0.05, 0) is 25.1 Å². The first-order chi connectivity index (χ1) is 9.20. The monoisotopic (exact) mass is 263 g/mol. The Labute approximate surface area is 111 Å². The Hall–Kier alpha value is -2.10. The molecule has 0 radical (unpaired) electrons. The standard InChI is InChI=1S/C15H15F2NO/c1-2-19-15-9-12(16)7-8-14(15)18-10-11-5-3-4-6-13(11)17/h3-9,18H,2,10H2,1H3. The van der Waals surface area contributed by atoms with E-state index in [0.717, 1.165) is 0 Å². The Balaban J connectivity index is 2.13. The van der Waals surface area contributed by atoms with Gasteiger partial charge in [0.2, 0.25) is 0 Å². The molecule has 0 saturated heterocycles. The smallest absolute Gasteiger partial charge is 0.145 e. The third-order valence-corrected chi connectivity index (χ3v) is 2.67. The minimum Gasteiger partial charge on any atom is -0.492 e. The Bertz CT molecular complexity index is 558. The molecule has 0 aliphatic heterocycles. The van der Waals surface area contributed by atoms with Crippen LogP contribution in [0.4, 0.5) is 14.5 Å². The zero-order chi connectivity index (χ0) is 13.7. The van der Waals surface area contributed by atoms with Crippen LogP contribution in [0.1, 0.15) is 12.5 Å². The van der Waals surface area contributed by atoms with Gasteiger partial charge in [0, 0.05) is 18.2 Å². The number of ether oxygens (including phenoxy) is 1. The first-order valence-electron chi connectivity index (χ1n) is 6.10. The second-order valence-corrected chi connectivity index (χ2v) is 4.02. The number of hydrogen-bond donors (Lipinski definition) is 1. The molecule has 0 bridgehead atoms. The summed E-state index contributed by atoms with van der Waals surface area (Å²) in [5.41, 5.74) is 1.20. The number of halogens is 2. The molecule has 0 aromatic heterocycles. The molecular formula is C15H15F2NO. The summed E-state index contributed by atoms with van der Waals surface area (Å²) in [6.45, 7) is 2.59. The molecule has 0 fully saturated rings. The molecule has 1 N–H and O–H groups in total. The molecule has 2 aromatic rings. The zero-order valence-corrected chi connectivity index (χ0v) is 10.6. The maximum absolute atomic E-state index is 13.5. The molecule has 0 heterocycles. The summed E-state index contributed by atoms with van der Waals surface area (Å²) >= 11 is 0. The molecule has 2 aromatic carbocycles. The average molecular weight is 263 g/mol. The Morgan fingerprint density at radius 3 is 2.63 bits per heavy atom. The molecule has 0 aliphatic rings. The molecule has 100 valence electrons. The Kier molecular flexibility index (Phi) is 4.34. The summed E-state index contributed by atoms with van der Waals surface area (Å²) < 4.78 is 31.9. The average Bonchev–Trinajstić information content (AvgIpc) is 2.40. The van der Waals surface area contributed by atoms with Gasteiger partial charge >= 0.3 is 0 Å². The van der Waals surface area contributed by atoms with Gasteiger partial charge in [0.1, 0.15) is 17.4 Å². The van der Waals surface area contributed by atoms with Crippen molar-refractivity contribution in [3.63, 3.8) is 0 Å². The molecule has 0 spiro atoms. The van der Waals surface area contributed by atoms with E-state index in [1.807, 2.05) is 6.92 Å². The molecular weight excluding hydrogens is 248 g/mol. The minimum absolute atomic E-state index is 0.268. The third-order valence-electron chi connectivity index (χ3n) is 2.67. The van der Waals surface area contributed by atoms with Gasteiger partial charge in [0.15, 0.2) is 0 Å². The second kappa shape index (κ2) is 6.18. The lowest BCUT2D eigenvalue weighted by atomic mass is 10.2. The molecule has 19 heavy (non-hydrogen) atoms. The van der Waals surface area contributed by atoms with E-state index in [4.69, 9.17) is 4.74 Å². The van der Waals surface area contributed by atoms with Crippen molar-refractivity contribution in [2.24, 2.45) is 0 Å². The van der Waals surface area contributed by atoms with Gasteiger partial charge in [-0.25, -0.2) is 8.78 Å². The molecule has 0 atom stereocenters. The summed E-state index contributed by atoms with van der Waals surface area (Å²) in [6.07, 6.45) is 0. The fraction of sp³-hybridized carbons (Fsp3) is 0.200. The number of hydrogen-bond acceptors (Lipinski definition) is 2. The van der Waals surface area contributed by atoms with E-state index in [9.17, 15) is 8.78 Å². The maximum Gasteiger partial charge on any atom is 0.145 e. The normalized spacial score (nSPS) is 10.3. The molecule has 2 rings (SSSR count).